The van der Waals surface area contributed by atoms with Gasteiger partial charge in [0.2, 0.25) is 0 Å². The zero-order chi connectivity index (χ0) is 16.3. The van der Waals surface area contributed by atoms with Crippen LogP contribution in [0.4, 0.5) is 0 Å². The summed E-state index contributed by atoms with van der Waals surface area (Å²) >= 11 is 0. The number of hydrogen-bond donors (Lipinski definition) is 2. The SMILES string of the molecule is C=C1CC[C@@H](C(C)C)[C@H]2[C@H]1CC[C@]21[C@@H](C)CC[C@H](O)[C@@]1(C)O. The summed E-state index contributed by atoms with van der Waals surface area (Å²) in [5.74, 6) is 2.82. The molecular weight excluding hydrogens is 272 g/mol. The van der Waals surface area contributed by atoms with Crippen molar-refractivity contribution in [2.75, 3.05) is 0 Å². The minimum Gasteiger partial charge on any atom is -0.390 e. The average molecular weight is 306 g/mol. The van der Waals surface area contributed by atoms with Gasteiger partial charge in [0.1, 0.15) is 0 Å². The van der Waals surface area contributed by atoms with Crippen LogP contribution in [-0.4, -0.2) is 21.9 Å². The highest BCUT2D eigenvalue weighted by atomic mass is 16.3. The molecule has 3 rings (SSSR count). The Morgan fingerprint density at radius 3 is 2.50 bits per heavy atom. The van der Waals surface area contributed by atoms with E-state index in [1.807, 2.05) is 6.92 Å². The zero-order valence-corrected chi connectivity index (χ0v) is 14.8. The van der Waals surface area contributed by atoms with Crippen LogP contribution < -0.4 is 0 Å². The molecule has 3 aliphatic rings. The Labute approximate surface area is 136 Å². The topological polar surface area (TPSA) is 40.5 Å². The second-order valence-electron chi connectivity index (χ2n) is 8.96. The number of aliphatic hydroxyl groups excluding tert-OH is 1. The molecule has 0 saturated heterocycles. The van der Waals surface area contributed by atoms with Gasteiger partial charge in [-0.1, -0.05) is 32.9 Å². The normalized spacial score (nSPS) is 52.3. The molecule has 2 nitrogen and oxygen atoms in total. The molecule has 7 atom stereocenters. The van der Waals surface area contributed by atoms with E-state index in [2.05, 4.69) is 27.4 Å². The van der Waals surface area contributed by atoms with E-state index < -0.39 is 11.7 Å². The molecule has 3 saturated carbocycles. The van der Waals surface area contributed by atoms with E-state index >= 15 is 0 Å². The van der Waals surface area contributed by atoms with Crippen molar-refractivity contribution in [2.24, 2.45) is 35.0 Å². The van der Waals surface area contributed by atoms with Gasteiger partial charge in [0.05, 0.1) is 11.7 Å². The van der Waals surface area contributed by atoms with Crippen molar-refractivity contribution in [3.8, 4) is 0 Å². The zero-order valence-electron chi connectivity index (χ0n) is 14.8. The van der Waals surface area contributed by atoms with E-state index in [4.69, 9.17) is 0 Å². The first kappa shape index (κ1) is 16.5. The van der Waals surface area contributed by atoms with Gasteiger partial charge in [0, 0.05) is 5.41 Å². The molecule has 22 heavy (non-hydrogen) atoms. The van der Waals surface area contributed by atoms with Crippen molar-refractivity contribution >= 4 is 0 Å². The van der Waals surface area contributed by atoms with Crippen LogP contribution in [0.3, 0.4) is 0 Å². The molecule has 3 fully saturated rings. The van der Waals surface area contributed by atoms with E-state index in [1.54, 1.807) is 0 Å². The van der Waals surface area contributed by atoms with Gasteiger partial charge in [0.15, 0.2) is 0 Å². The molecule has 2 heteroatoms. The van der Waals surface area contributed by atoms with Crippen LogP contribution in [0.25, 0.3) is 0 Å². The largest absolute Gasteiger partial charge is 0.390 e. The predicted octanol–water partition coefficient (Wildman–Crippen LogP) is 4.16. The highest BCUT2D eigenvalue weighted by Crippen LogP contribution is 2.67. The van der Waals surface area contributed by atoms with Crippen LogP contribution >= 0.6 is 0 Å². The second kappa shape index (κ2) is 5.34. The summed E-state index contributed by atoms with van der Waals surface area (Å²) in [5.41, 5.74) is 0.310. The summed E-state index contributed by atoms with van der Waals surface area (Å²) in [5, 5.41) is 22.0. The number of allylic oxidation sites excluding steroid dienone is 1. The first-order valence-corrected chi connectivity index (χ1v) is 9.31. The summed E-state index contributed by atoms with van der Waals surface area (Å²) in [6.07, 6.45) is 5.76. The fraction of sp³-hybridized carbons (Fsp3) is 0.900. The number of fused-ring (bicyclic) bond motifs is 2. The number of hydrogen-bond acceptors (Lipinski definition) is 2. The van der Waals surface area contributed by atoms with Gasteiger partial charge in [-0.3, -0.25) is 0 Å². The Bertz CT molecular complexity index is 453. The van der Waals surface area contributed by atoms with Crippen molar-refractivity contribution in [1.29, 1.82) is 0 Å². The Morgan fingerprint density at radius 2 is 1.86 bits per heavy atom. The summed E-state index contributed by atoms with van der Waals surface area (Å²) < 4.78 is 0. The fourth-order valence-electron chi connectivity index (χ4n) is 6.62. The highest BCUT2D eigenvalue weighted by molar-refractivity contribution is 5.22. The maximum atomic E-state index is 11.4. The lowest BCUT2D eigenvalue weighted by molar-refractivity contribution is -0.221. The predicted molar refractivity (Wildman–Crippen MR) is 90.4 cm³/mol. The lowest BCUT2D eigenvalue weighted by Gasteiger charge is -2.59. The molecule has 1 spiro atoms. The van der Waals surface area contributed by atoms with Gasteiger partial charge >= 0.3 is 0 Å². The molecule has 126 valence electrons. The second-order valence-corrected chi connectivity index (χ2v) is 8.96. The van der Waals surface area contributed by atoms with Crippen molar-refractivity contribution in [3.05, 3.63) is 12.2 Å². The molecule has 0 amide bonds. The van der Waals surface area contributed by atoms with Gasteiger partial charge in [-0.25, -0.2) is 0 Å². The van der Waals surface area contributed by atoms with Crippen LogP contribution in [0.2, 0.25) is 0 Å². The molecule has 0 heterocycles. The van der Waals surface area contributed by atoms with E-state index in [-0.39, 0.29) is 5.41 Å². The summed E-state index contributed by atoms with van der Waals surface area (Å²) in [6, 6.07) is 0. The summed E-state index contributed by atoms with van der Waals surface area (Å²) in [7, 11) is 0. The number of rotatable bonds is 1. The monoisotopic (exact) mass is 306 g/mol. The van der Waals surface area contributed by atoms with Crippen LogP contribution in [0.1, 0.15) is 66.2 Å². The molecule has 0 aromatic rings. The first-order valence-electron chi connectivity index (χ1n) is 9.31. The van der Waals surface area contributed by atoms with Crippen molar-refractivity contribution in [3.63, 3.8) is 0 Å². The molecule has 0 bridgehead atoms. The maximum absolute atomic E-state index is 11.4. The highest BCUT2D eigenvalue weighted by Gasteiger charge is 2.66. The minimum absolute atomic E-state index is 0.131. The van der Waals surface area contributed by atoms with E-state index in [9.17, 15) is 10.2 Å². The third-order valence-electron chi connectivity index (χ3n) is 7.88. The van der Waals surface area contributed by atoms with Crippen LogP contribution in [0, 0.1) is 35.0 Å². The van der Waals surface area contributed by atoms with Gasteiger partial charge in [-0.15, -0.1) is 0 Å². The summed E-state index contributed by atoms with van der Waals surface area (Å²) in [4.78, 5) is 0. The van der Waals surface area contributed by atoms with Crippen molar-refractivity contribution in [1.82, 2.24) is 0 Å². The Kier molecular flexibility index (Phi) is 4.01. The fourth-order valence-corrected chi connectivity index (χ4v) is 6.62. The Hall–Kier alpha value is -0.340. The molecule has 3 aliphatic carbocycles. The van der Waals surface area contributed by atoms with Gasteiger partial charge in [-0.05, 0) is 75.0 Å². The third-order valence-corrected chi connectivity index (χ3v) is 7.88. The van der Waals surface area contributed by atoms with Crippen molar-refractivity contribution < 1.29 is 10.2 Å². The van der Waals surface area contributed by atoms with Gasteiger partial charge in [-0.2, -0.15) is 0 Å². The molecule has 0 unspecified atom stereocenters. The smallest absolute Gasteiger partial charge is 0.0938 e. The number of aliphatic hydroxyl groups is 2. The molecule has 2 N–H and O–H groups in total. The van der Waals surface area contributed by atoms with E-state index in [0.717, 1.165) is 32.1 Å². The Morgan fingerprint density at radius 1 is 1.18 bits per heavy atom. The third kappa shape index (κ3) is 1.99. The minimum atomic E-state index is -0.963. The Balaban J connectivity index is 2.09. The molecule has 0 aliphatic heterocycles. The average Bonchev–Trinajstić information content (AvgIpc) is 2.85. The molecule has 0 aromatic heterocycles. The first-order chi connectivity index (χ1) is 10.2. The van der Waals surface area contributed by atoms with Crippen LogP contribution in [0.15, 0.2) is 12.2 Å². The van der Waals surface area contributed by atoms with Gasteiger partial charge in [0.25, 0.3) is 0 Å². The van der Waals surface area contributed by atoms with Crippen molar-refractivity contribution in [2.45, 2.75) is 77.9 Å². The maximum Gasteiger partial charge on any atom is 0.0938 e. The molecule has 0 aromatic carbocycles. The van der Waals surface area contributed by atoms with E-state index in [1.165, 1.54) is 12.0 Å². The molecule has 0 radical (unpaired) electrons. The van der Waals surface area contributed by atoms with Crippen LogP contribution in [0.5, 0.6) is 0 Å². The molecular formula is C20H34O2. The van der Waals surface area contributed by atoms with Crippen LogP contribution in [-0.2, 0) is 0 Å². The van der Waals surface area contributed by atoms with Gasteiger partial charge < -0.3 is 10.2 Å². The summed E-state index contributed by atoms with van der Waals surface area (Å²) in [6.45, 7) is 13.3. The van der Waals surface area contributed by atoms with E-state index in [0.29, 0.717) is 29.6 Å². The quantitative estimate of drug-likeness (QED) is 0.714. The lowest BCUT2D eigenvalue weighted by Crippen LogP contribution is -2.63. The standard InChI is InChI=1S/C20H34O2/c1-12(2)15-8-6-13(3)16-10-11-20(18(15)16)14(4)7-9-17(21)19(20,5)22/h12,14-18,21-22H,3,6-11H2,1-2,4-5H3/t14-,15-,16-,17-,18-,19+,20-/m0/s1. The lowest BCUT2D eigenvalue weighted by atomic mass is 9.48.